The molecule has 3 aromatic carbocycles. The number of allylic oxidation sites excluding steroid dienone is 2. The Bertz CT molecular complexity index is 3480. The van der Waals surface area contributed by atoms with Crippen LogP contribution in [0.25, 0.3) is 22.5 Å². The molecule has 4 aromatic rings. The van der Waals surface area contributed by atoms with Gasteiger partial charge in [0.25, 0.3) is 0 Å². The fourth-order valence-corrected chi connectivity index (χ4v) is 12.8. The Kier molecular flexibility index (Phi) is 26.7. The van der Waals surface area contributed by atoms with E-state index in [2.05, 4.69) is 47.5 Å². The van der Waals surface area contributed by atoms with Crippen LogP contribution in [0.2, 0.25) is 0 Å². The van der Waals surface area contributed by atoms with Crippen LogP contribution in [0.1, 0.15) is 116 Å². The number of benzene rings is 3. The van der Waals surface area contributed by atoms with Crippen molar-refractivity contribution in [2.45, 2.75) is 136 Å². The van der Waals surface area contributed by atoms with Gasteiger partial charge < -0.3 is 50.8 Å². The number of ketones is 1. The van der Waals surface area contributed by atoms with Crippen LogP contribution in [0.4, 0.5) is 10.5 Å². The molecule has 0 bridgehead atoms. The van der Waals surface area contributed by atoms with E-state index in [0.717, 1.165) is 68.7 Å². The first-order valence-electron chi connectivity index (χ1n) is 32.4. The highest BCUT2D eigenvalue weighted by Gasteiger charge is 2.39. The van der Waals surface area contributed by atoms with Gasteiger partial charge in [-0.2, -0.15) is 10.0 Å². The van der Waals surface area contributed by atoms with Crippen molar-refractivity contribution >= 4 is 76.4 Å². The van der Waals surface area contributed by atoms with Crippen molar-refractivity contribution in [1.29, 1.82) is 0 Å². The predicted molar refractivity (Wildman–Crippen MR) is 355 cm³/mol. The summed E-state index contributed by atoms with van der Waals surface area (Å²) in [6.07, 6.45) is 3.17. The standard InChI is InChI=1S/C67H87N13O14S/c1-42(39-81)63(87)73-48(36-72-91)40-95-55-34-59(86)78(64(55)88)30-11-18-56(83)69-28-33-93-41-67(4,5)65(89)71-35-45-19-21-46(22-20-45)60-52-16-10-13-49(23-24-50(52)44(3)74-75-60)94-66(90)70-29-32-92-31-26-57(84)68-27-25-58(85)79-38-47-12-6-7-14-51(47)61-62(53-15-8-9-17-54(53)79)80(77-76-61)37-43(2)82/h6-9,12,14-15,17,19-22,42,48-49,52,55,74,81H,10-11,13,16,18,23-41H2,1-5H3,(H,68,84)(H,69,83)(H,70,90)(H,71,89)(H,73,87). The van der Waals surface area contributed by atoms with Gasteiger partial charge in [0.05, 0.1) is 79.3 Å². The van der Waals surface area contributed by atoms with Gasteiger partial charge in [0.2, 0.25) is 41.4 Å². The van der Waals surface area contributed by atoms with E-state index in [-0.39, 0.29) is 171 Å². The minimum Gasteiger partial charge on any atom is -0.446 e. The average molecular weight is 1330 g/mol. The van der Waals surface area contributed by atoms with Gasteiger partial charge in [0.15, 0.2) is 5.78 Å². The Morgan fingerprint density at radius 1 is 0.853 bits per heavy atom. The number of imide groups is 1. The number of ether oxygens (including phenoxy) is 3. The second-order valence-corrected chi connectivity index (χ2v) is 26.0. The number of carbonyl (C=O) groups is 9. The fourth-order valence-electron chi connectivity index (χ4n) is 11.6. The zero-order valence-electron chi connectivity index (χ0n) is 54.6. The number of likely N-dealkylation sites (tertiary alicyclic amines) is 1. The molecule has 27 nitrogen and oxygen atoms in total. The Labute approximate surface area is 556 Å². The van der Waals surface area contributed by atoms with Crippen LogP contribution in [0.3, 0.4) is 0 Å². The summed E-state index contributed by atoms with van der Waals surface area (Å²) >= 11 is 1.15. The molecular formula is C67H87N13O14S. The Hall–Kier alpha value is -8.73. The van der Waals surface area contributed by atoms with Gasteiger partial charge in [-0.3, -0.25) is 48.7 Å². The summed E-state index contributed by atoms with van der Waals surface area (Å²) in [5, 5.41) is 39.0. The minimum absolute atomic E-state index is 0.0275. The van der Waals surface area contributed by atoms with Crippen LogP contribution in [0.5, 0.6) is 0 Å². The van der Waals surface area contributed by atoms with E-state index in [1.165, 1.54) is 19.4 Å². The summed E-state index contributed by atoms with van der Waals surface area (Å²) in [5.74, 6) is -2.70. The maximum Gasteiger partial charge on any atom is 0.407 e. The van der Waals surface area contributed by atoms with Gasteiger partial charge in [0.1, 0.15) is 24.9 Å². The highest BCUT2D eigenvalue weighted by Crippen LogP contribution is 2.42. The number of para-hydroxylation sites is 1. The molecule has 1 saturated carbocycles. The number of aromatic nitrogens is 3. The lowest BCUT2D eigenvalue weighted by molar-refractivity contribution is -0.139. The van der Waals surface area contributed by atoms with Crippen molar-refractivity contribution in [2.75, 3.05) is 76.4 Å². The SMILES string of the molecule is CC(=O)Cn1nnc2c1-c1ccccc1N(C(=O)CCNC(=O)CCOCCNC(=O)OC1CCCC3C(c4ccc(CNC(=O)C(C)(C)COCCNC(=O)CCCN5C(=O)CC(SCC(CN=O)NC(=O)C(C)CO)C5=O)cc4)=NNC(C)=C3CC1)Cc1ccccc1-2. The topological polar surface area (TPSA) is 353 Å². The van der Waals surface area contributed by atoms with E-state index in [4.69, 9.17) is 19.3 Å². The Balaban J connectivity index is 0.670. The van der Waals surface area contributed by atoms with Crippen LogP contribution in [-0.2, 0) is 72.2 Å². The first kappa shape index (κ1) is 72.1. The number of hydrazone groups is 1. The third-order valence-electron chi connectivity index (χ3n) is 16.9. The monoisotopic (exact) mass is 1330 g/mol. The molecule has 510 valence electrons. The first-order valence-corrected chi connectivity index (χ1v) is 33.4. The van der Waals surface area contributed by atoms with Crippen LogP contribution in [-0.4, -0.2) is 173 Å². The molecule has 3 aliphatic heterocycles. The van der Waals surface area contributed by atoms with E-state index in [1.54, 1.807) is 23.4 Å². The highest BCUT2D eigenvalue weighted by molar-refractivity contribution is 8.00. The molecule has 7 N–H and O–H groups in total. The summed E-state index contributed by atoms with van der Waals surface area (Å²) in [6.45, 7) is 9.67. The number of Topliss-reactive ketones (excluding diaryl/α,β-unsaturated/α-hetero) is 1. The number of alkyl carbamates (subject to hydrolysis) is 1. The summed E-state index contributed by atoms with van der Waals surface area (Å²) in [7, 11) is 0. The molecule has 28 heteroatoms. The zero-order chi connectivity index (χ0) is 68.0. The molecular weight excluding hydrogens is 1240 g/mol. The number of aliphatic hydroxyl groups is 1. The number of thioether (sulfide) groups is 1. The maximum atomic E-state index is 13.9. The fraction of sp³-hybridized carbons (Fsp3) is 0.522. The number of amides is 8. The molecule has 5 unspecified atom stereocenters. The molecule has 1 aromatic heterocycles. The number of aliphatic hydroxyl groups excluding tert-OH is 1. The lowest BCUT2D eigenvalue weighted by Crippen LogP contribution is -2.42. The summed E-state index contributed by atoms with van der Waals surface area (Å²) < 4.78 is 18.9. The smallest absolute Gasteiger partial charge is 0.407 e. The molecule has 4 aliphatic rings. The van der Waals surface area contributed by atoms with E-state index >= 15 is 0 Å². The Morgan fingerprint density at radius 3 is 2.35 bits per heavy atom. The number of hydrogen-bond acceptors (Lipinski definition) is 20. The van der Waals surface area contributed by atoms with Crippen LogP contribution >= 0.6 is 11.8 Å². The second-order valence-electron chi connectivity index (χ2n) is 24.8. The number of carbonyl (C=O) groups excluding carboxylic acids is 9. The molecule has 95 heavy (non-hydrogen) atoms. The number of nitrogens with one attached hydrogen (secondary N) is 6. The van der Waals surface area contributed by atoms with Gasteiger partial charge in [-0.05, 0) is 94.5 Å². The normalized spacial score (nSPS) is 17.5. The highest BCUT2D eigenvalue weighted by atomic mass is 32.2. The molecule has 4 heterocycles. The van der Waals surface area contributed by atoms with E-state index in [0.29, 0.717) is 36.3 Å². The molecule has 8 amide bonds. The predicted octanol–water partition coefficient (Wildman–Crippen LogP) is 5.21. The quantitative estimate of drug-likeness (QED) is 0.0183. The molecule has 1 saturated heterocycles. The Morgan fingerprint density at radius 2 is 1.58 bits per heavy atom. The maximum absolute atomic E-state index is 13.9. The summed E-state index contributed by atoms with van der Waals surface area (Å²) in [5.41, 5.74) is 11.6. The molecule has 2 fully saturated rings. The van der Waals surface area contributed by atoms with Crippen molar-refractivity contribution in [1.82, 2.24) is 51.9 Å². The molecule has 1 aliphatic carbocycles. The van der Waals surface area contributed by atoms with Crippen LogP contribution in [0, 0.1) is 22.2 Å². The number of nitrogens with zero attached hydrogens (tertiary/aromatic N) is 7. The molecule has 0 spiro atoms. The largest absolute Gasteiger partial charge is 0.446 e. The van der Waals surface area contributed by atoms with Crippen LogP contribution in [0.15, 0.2) is 94.3 Å². The number of hydrogen-bond donors (Lipinski definition) is 7. The number of nitroso groups, excluding NO2 is 1. The van der Waals surface area contributed by atoms with Gasteiger partial charge in [-0.15, -0.1) is 16.9 Å². The number of fused-ring (bicyclic) bond motifs is 6. The lowest BCUT2D eigenvalue weighted by Gasteiger charge is -2.32. The molecule has 8 rings (SSSR count). The zero-order valence-corrected chi connectivity index (χ0v) is 55.4. The van der Waals surface area contributed by atoms with Crippen molar-refractivity contribution in [2.24, 2.45) is 27.5 Å². The van der Waals surface area contributed by atoms with Crippen molar-refractivity contribution in [3.05, 3.63) is 106 Å². The third kappa shape index (κ3) is 20.2. The van der Waals surface area contributed by atoms with E-state index in [9.17, 15) is 53.2 Å². The number of anilines is 1. The van der Waals surface area contributed by atoms with E-state index in [1.807, 2.05) is 79.7 Å². The van der Waals surface area contributed by atoms with Gasteiger partial charge >= 0.3 is 6.09 Å². The average Bonchev–Trinajstić information content (AvgIpc) is 1.69. The lowest BCUT2D eigenvalue weighted by atomic mass is 9.79. The first-order chi connectivity index (χ1) is 45.7. The molecule has 0 radical (unpaired) electrons. The summed E-state index contributed by atoms with van der Waals surface area (Å²) in [4.78, 5) is 129. The number of rotatable bonds is 33. The van der Waals surface area contributed by atoms with Gasteiger partial charge in [-0.25, -0.2) is 9.48 Å². The van der Waals surface area contributed by atoms with E-state index < -0.39 is 40.5 Å². The third-order valence-corrected chi connectivity index (χ3v) is 18.3. The minimum atomic E-state index is -0.881. The molecule has 5 atom stereocenters. The second kappa shape index (κ2) is 35.1. The van der Waals surface area contributed by atoms with Crippen molar-refractivity contribution < 1.29 is 62.5 Å². The summed E-state index contributed by atoms with van der Waals surface area (Å²) in [6, 6.07) is 22.4. The van der Waals surface area contributed by atoms with Gasteiger partial charge in [-0.1, -0.05) is 84.0 Å². The van der Waals surface area contributed by atoms with Crippen LogP contribution < -0.4 is 36.9 Å². The van der Waals surface area contributed by atoms with Gasteiger partial charge in [0, 0.05) is 86.9 Å². The van der Waals surface area contributed by atoms with Crippen molar-refractivity contribution in [3.63, 3.8) is 0 Å². The van der Waals surface area contributed by atoms with Crippen molar-refractivity contribution in [3.8, 4) is 22.5 Å².